The first kappa shape index (κ1) is 28.3. The number of aliphatic carboxylic acids is 2. The zero-order valence-corrected chi connectivity index (χ0v) is 19.1. The van der Waals surface area contributed by atoms with Gasteiger partial charge in [0, 0.05) is 39.3 Å². The summed E-state index contributed by atoms with van der Waals surface area (Å²) in [6, 6.07) is 12.0. The smallest absolute Gasteiger partial charge is 0.414 e. The van der Waals surface area contributed by atoms with Crippen LogP contribution in [0.25, 0.3) is 0 Å². The second-order valence-corrected chi connectivity index (χ2v) is 7.95. The highest BCUT2D eigenvalue weighted by Gasteiger charge is 2.21. The van der Waals surface area contributed by atoms with Crippen molar-refractivity contribution < 1.29 is 43.5 Å². The number of aliphatic hydroxyl groups is 2. The van der Waals surface area contributed by atoms with Crippen molar-refractivity contribution in [2.45, 2.75) is 12.2 Å². The number of β-amino-alcohol motifs (C(OH)–C–C–N with tert-alkyl or cyclic N) is 2. The molecule has 1 saturated heterocycles. The van der Waals surface area contributed by atoms with Gasteiger partial charge in [-0.05, 0) is 35.4 Å². The molecular weight excluding hydrogens is 466 g/mol. The van der Waals surface area contributed by atoms with Gasteiger partial charge in [0.25, 0.3) is 0 Å². The fraction of sp³-hybridized carbons (Fsp3) is 0.417. The molecule has 0 amide bonds. The lowest BCUT2D eigenvalue weighted by molar-refractivity contribution is -0.159. The standard InChI is InChI=1S/C22H28F2N2O3.C2H2O4/c23-19-5-1-17(2-6-19)22(18-3-7-20(24)8-4-18)29-16-21(28)15-26-11-9-25(10-12-26)13-14-27;3-1(4)2(5)6/h1-8,21-22,27-28H,9-16H2;(H,3,4)(H,5,6). The summed E-state index contributed by atoms with van der Waals surface area (Å²) in [5, 5.41) is 34.3. The molecule has 11 heteroatoms. The fourth-order valence-electron chi connectivity index (χ4n) is 3.55. The van der Waals surface area contributed by atoms with Crippen LogP contribution in [0.3, 0.4) is 0 Å². The van der Waals surface area contributed by atoms with Gasteiger partial charge in [-0.2, -0.15) is 0 Å². The molecule has 1 fully saturated rings. The Morgan fingerprint density at radius 3 is 1.66 bits per heavy atom. The maximum absolute atomic E-state index is 13.3. The Hall–Kier alpha value is -2.96. The van der Waals surface area contributed by atoms with E-state index in [2.05, 4.69) is 9.80 Å². The van der Waals surface area contributed by atoms with Crippen LogP contribution in [0.5, 0.6) is 0 Å². The first-order valence-corrected chi connectivity index (χ1v) is 11.0. The molecule has 0 saturated carbocycles. The van der Waals surface area contributed by atoms with Crippen LogP contribution in [0.2, 0.25) is 0 Å². The van der Waals surface area contributed by atoms with Crippen molar-refractivity contribution >= 4 is 11.9 Å². The molecule has 1 aliphatic heterocycles. The van der Waals surface area contributed by atoms with Gasteiger partial charge in [-0.3, -0.25) is 9.80 Å². The van der Waals surface area contributed by atoms with Gasteiger partial charge in [-0.25, -0.2) is 18.4 Å². The summed E-state index contributed by atoms with van der Waals surface area (Å²) in [5.74, 6) is -4.33. The fourth-order valence-corrected chi connectivity index (χ4v) is 3.55. The second-order valence-electron chi connectivity index (χ2n) is 7.95. The summed E-state index contributed by atoms with van der Waals surface area (Å²) in [4.78, 5) is 22.6. The zero-order chi connectivity index (χ0) is 25.8. The number of hydrogen-bond acceptors (Lipinski definition) is 7. The molecule has 0 radical (unpaired) electrons. The number of ether oxygens (including phenoxy) is 1. The van der Waals surface area contributed by atoms with E-state index in [0.29, 0.717) is 13.1 Å². The van der Waals surface area contributed by atoms with Gasteiger partial charge in [0.15, 0.2) is 0 Å². The molecule has 9 nitrogen and oxygen atoms in total. The lowest BCUT2D eigenvalue weighted by Gasteiger charge is -2.35. The van der Waals surface area contributed by atoms with Gasteiger partial charge in [0.05, 0.1) is 19.3 Å². The Bertz CT molecular complexity index is 863. The van der Waals surface area contributed by atoms with E-state index in [1.165, 1.54) is 24.3 Å². The predicted octanol–water partition coefficient (Wildman–Crippen LogP) is 1.20. The topological polar surface area (TPSA) is 131 Å². The van der Waals surface area contributed by atoms with E-state index in [1.54, 1.807) is 24.3 Å². The van der Waals surface area contributed by atoms with E-state index in [-0.39, 0.29) is 24.8 Å². The van der Waals surface area contributed by atoms with Gasteiger partial charge < -0.3 is 25.2 Å². The summed E-state index contributed by atoms with van der Waals surface area (Å²) >= 11 is 0. The van der Waals surface area contributed by atoms with E-state index in [9.17, 15) is 13.9 Å². The molecule has 2 aromatic rings. The van der Waals surface area contributed by atoms with Crippen molar-refractivity contribution in [1.82, 2.24) is 9.80 Å². The van der Waals surface area contributed by atoms with Crippen molar-refractivity contribution in [3.8, 4) is 0 Å². The predicted molar refractivity (Wildman–Crippen MR) is 122 cm³/mol. The number of carboxylic acid groups (broad SMARTS) is 2. The molecule has 4 N–H and O–H groups in total. The van der Waals surface area contributed by atoms with Gasteiger partial charge in [0.1, 0.15) is 17.7 Å². The van der Waals surface area contributed by atoms with E-state index in [4.69, 9.17) is 29.6 Å². The quantitative estimate of drug-likeness (QED) is 0.378. The number of benzene rings is 2. The molecule has 3 rings (SSSR count). The SMILES string of the molecule is O=C(O)C(=O)O.OCCN1CCN(CC(O)COC(c2ccc(F)cc2)c2ccc(F)cc2)CC1. The van der Waals surface area contributed by atoms with Gasteiger partial charge in [-0.1, -0.05) is 24.3 Å². The Labute approximate surface area is 201 Å². The lowest BCUT2D eigenvalue weighted by atomic mass is 10.0. The van der Waals surface area contributed by atoms with Crippen molar-refractivity contribution in [3.05, 3.63) is 71.3 Å². The molecule has 0 aromatic heterocycles. The third kappa shape index (κ3) is 10.0. The van der Waals surface area contributed by atoms with Crippen LogP contribution in [0, 0.1) is 11.6 Å². The van der Waals surface area contributed by atoms with Crippen molar-refractivity contribution in [2.75, 3.05) is 52.5 Å². The van der Waals surface area contributed by atoms with Crippen LogP contribution in [-0.4, -0.2) is 101 Å². The molecule has 0 spiro atoms. The molecular formula is C24H30F2N2O7. The molecule has 1 aliphatic rings. The Kier molecular flexibility index (Phi) is 11.7. The van der Waals surface area contributed by atoms with Gasteiger partial charge in [-0.15, -0.1) is 0 Å². The molecule has 35 heavy (non-hydrogen) atoms. The monoisotopic (exact) mass is 496 g/mol. The average Bonchev–Trinajstić information content (AvgIpc) is 2.83. The maximum atomic E-state index is 13.3. The summed E-state index contributed by atoms with van der Waals surface area (Å²) in [7, 11) is 0. The number of piperazine rings is 1. The van der Waals surface area contributed by atoms with Crippen molar-refractivity contribution in [1.29, 1.82) is 0 Å². The average molecular weight is 497 g/mol. The molecule has 192 valence electrons. The summed E-state index contributed by atoms with van der Waals surface area (Å²) in [6.45, 7) is 4.82. The molecule has 0 bridgehead atoms. The van der Waals surface area contributed by atoms with Crippen molar-refractivity contribution in [2.24, 2.45) is 0 Å². The third-order valence-corrected chi connectivity index (χ3v) is 5.33. The molecule has 1 heterocycles. The minimum Gasteiger partial charge on any atom is -0.473 e. The first-order chi connectivity index (χ1) is 16.7. The second kappa shape index (κ2) is 14.4. The minimum absolute atomic E-state index is 0.107. The van der Waals surface area contributed by atoms with E-state index < -0.39 is 24.1 Å². The van der Waals surface area contributed by atoms with E-state index in [0.717, 1.165) is 37.3 Å². The number of hydrogen-bond donors (Lipinski definition) is 4. The zero-order valence-electron chi connectivity index (χ0n) is 19.1. The maximum Gasteiger partial charge on any atom is 0.414 e. The lowest BCUT2D eigenvalue weighted by Crippen LogP contribution is -2.49. The minimum atomic E-state index is -1.82. The number of halogens is 2. The number of nitrogens with zero attached hydrogens (tertiary/aromatic N) is 2. The van der Waals surface area contributed by atoms with Crippen LogP contribution in [-0.2, 0) is 14.3 Å². The van der Waals surface area contributed by atoms with E-state index >= 15 is 0 Å². The molecule has 1 unspecified atom stereocenters. The number of carbonyl (C=O) groups is 2. The van der Waals surface area contributed by atoms with Crippen LogP contribution in [0.1, 0.15) is 17.2 Å². The number of rotatable bonds is 9. The molecule has 0 aliphatic carbocycles. The largest absolute Gasteiger partial charge is 0.473 e. The highest BCUT2D eigenvalue weighted by molar-refractivity contribution is 6.27. The Balaban J connectivity index is 0.000000641. The normalized spacial score (nSPS) is 15.3. The van der Waals surface area contributed by atoms with E-state index in [1.807, 2.05) is 0 Å². The van der Waals surface area contributed by atoms with Gasteiger partial charge >= 0.3 is 11.9 Å². The van der Waals surface area contributed by atoms with Crippen molar-refractivity contribution in [3.63, 3.8) is 0 Å². The summed E-state index contributed by atoms with van der Waals surface area (Å²) < 4.78 is 32.6. The van der Waals surface area contributed by atoms with Crippen LogP contribution < -0.4 is 0 Å². The third-order valence-electron chi connectivity index (χ3n) is 5.33. The Morgan fingerprint density at radius 1 is 0.829 bits per heavy atom. The van der Waals surface area contributed by atoms with Crippen LogP contribution in [0.4, 0.5) is 8.78 Å². The van der Waals surface area contributed by atoms with Gasteiger partial charge in [0.2, 0.25) is 0 Å². The molecule has 2 aromatic carbocycles. The first-order valence-electron chi connectivity index (χ1n) is 11.0. The molecule has 1 atom stereocenters. The number of aliphatic hydroxyl groups excluding tert-OH is 2. The highest BCUT2D eigenvalue weighted by atomic mass is 19.1. The number of carboxylic acids is 2. The van der Waals surface area contributed by atoms with Crippen LogP contribution >= 0.6 is 0 Å². The Morgan fingerprint density at radius 2 is 1.26 bits per heavy atom. The summed E-state index contributed by atoms with van der Waals surface area (Å²) in [6.07, 6.45) is -1.20. The van der Waals surface area contributed by atoms with Crippen LogP contribution in [0.15, 0.2) is 48.5 Å². The summed E-state index contributed by atoms with van der Waals surface area (Å²) in [5.41, 5.74) is 1.48. The highest BCUT2D eigenvalue weighted by Crippen LogP contribution is 2.27.